The molecule has 0 saturated heterocycles. The van der Waals surface area contributed by atoms with Crippen LogP contribution in [0.4, 0.5) is 0 Å². The predicted octanol–water partition coefficient (Wildman–Crippen LogP) is 5.45. The van der Waals surface area contributed by atoms with E-state index in [2.05, 4.69) is 9.97 Å². The lowest BCUT2D eigenvalue weighted by molar-refractivity contribution is 0.104. The zero-order valence-electron chi connectivity index (χ0n) is 15.6. The fraction of sp³-hybridized carbons (Fsp3) is 0.0417. The van der Waals surface area contributed by atoms with Crippen LogP contribution < -0.4 is 5.56 Å². The highest BCUT2D eigenvalue weighted by Gasteiger charge is 2.19. The average Bonchev–Trinajstić information content (AvgIpc) is 2.73. The van der Waals surface area contributed by atoms with Gasteiger partial charge in [-0.3, -0.25) is 14.6 Å². The number of carbonyl (C=O) groups is 1. The first-order chi connectivity index (χ1) is 14.0. The Balaban J connectivity index is 1.95. The molecule has 0 spiro atoms. The molecule has 4 rings (SSSR count). The Morgan fingerprint density at radius 3 is 2.62 bits per heavy atom. The third-order valence-corrected chi connectivity index (χ3v) is 4.91. The summed E-state index contributed by atoms with van der Waals surface area (Å²) < 4.78 is 0. The SMILES string of the molecule is Cc1ccc(-c2c(C(=O)/C=C/c3cccnc3)c(=O)[nH]c3ccc(Cl)cc23)cc1. The molecule has 29 heavy (non-hydrogen) atoms. The van der Waals surface area contributed by atoms with Crippen LogP contribution in [0.25, 0.3) is 28.1 Å². The molecular weight excluding hydrogens is 384 g/mol. The summed E-state index contributed by atoms with van der Waals surface area (Å²) in [4.78, 5) is 32.8. The molecule has 0 aliphatic heterocycles. The first kappa shape index (κ1) is 18.8. The molecule has 2 aromatic heterocycles. The van der Waals surface area contributed by atoms with Gasteiger partial charge >= 0.3 is 0 Å². The first-order valence-electron chi connectivity index (χ1n) is 9.08. The summed E-state index contributed by atoms with van der Waals surface area (Å²) in [7, 11) is 0. The Morgan fingerprint density at radius 1 is 1.10 bits per heavy atom. The second-order valence-corrected chi connectivity index (χ2v) is 7.18. The molecule has 5 heteroatoms. The van der Waals surface area contributed by atoms with Gasteiger partial charge in [-0.1, -0.05) is 47.5 Å². The van der Waals surface area contributed by atoms with Crippen LogP contribution in [0, 0.1) is 6.92 Å². The molecule has 2 aromatic carbocycles. The number of nitrogens with one attached hydrogen (secondary N) is 1. The van der Waals surface area contributed by atoms with Gasteiger partial charge in [-0.15, -0.1) is 0 Å². The van der Waals surface area contributed by atoms with Gasteiger partial charge in [0.05, 0.1) is 5.56 Å². The molecule has 0 unspecified atom stereocenters. The number of nitrogens with zero attached hydrogens (tertiary/aromatic N) is 1. The number of hydrogen-bond acceptors (Lipinski definition) is 3. The Morgan fingerprint density at radius 2 is 1.90 bits per heavy atom. The lowest BCUT2D eigenvalue weighted by atomic mass is 9.93. The fourth-order valence-electron chi connectivity index (χ4n) is 3.25. The summed E-state index contributed by atoms with van der Waals surface area (Å²) in [5.74, 6) is -0.382. The topological polar surface area (TPSA) is 62.8 Å². The summed E-state index contributed by atoms with van der Waals surface area (Å²) in [6.45, 7) is 1.99. The van der Waals surface area contributed by atoms with E-state index in [9.17, 15) is 9.59 Å². The number of halogens is 1. The van der Waals surface area contributed by atoms with Crippen molar-refractivity contribution in [1.29, 1.82) is 0 Å². The smallest absolute Gasteiger partial charge is 0.260 e. The number of H-pyrrole nitrogens is 1. The van der Waals surface area contributed by atoms with Gasteiger partial charge in [-0.05, 0) is 54.5 Å². The van der Waals surface area contributed by atoms with E-state index in [0.717, 1.165) is 22.1 Å². The number of carbonyl (C=O) groups excluding carboxylic acids is 1. The van der Waals surface area contributed by atoms with Crippen LogP contribution >= 0.6 is 11.6 Å². The maximum Gasteiger partial charge on any atom is 0.260 e. The molecule has 142 valence electrons. The highest BCUT2D eigenvalue weighted by atomic mass is 35.5. The minimum absolute atomic E-state index is 0.0868. The van der Waals surface area contributed by atoms with Crippen LogP contribution in [-0.4, -0.2) is 15.8 Å². The molecular formula is C24H17ClN2O2. The van der Waals surface area contributed by atoms with Crippen molar-refractivity contribution in [2.75, 3.05) is 0 Å². The second-order valence-electron chi connectivity index (χ2n) is 6.74. The van der Waals surface area contributed by atoms with Crippen LogP contribution in [0.2, 0.25) is 5.02 Å². The predicted molar refractivity (Wildman–Crippen MR) is 117 cm³/mol. The van der Waals surface area contributed by atoms with Crippen LogP contribution in [0.3, 0.4) is 0 Å². The maximum atomic E-state index is 13.1. The Labute approximate surface area is 172 Å². The van der Waals surface area contributed by atoms with Gasteiger partial charge in [0, 0.05) is 33.9 Å². The van der Waals surface area contributed by atoms with E-state index in [1.54, 1.807) is 42.7 Å². The first-order valence-corrected chi connectivity index (χ1v) is 9.46. The van der Waals surface area contributed by atoms with E-state index in [-0.39, 0.29) is 11.3 Å². The number of fused-ring (bicyclic) bond motifs is 1. The summed E-state index contributed by atoms with van der Waals surface area (Å²) in [6.07, 6.45) is 6.35. The molecule has 0 saturated carbocycles. The normalized spacial score (nSPS) is 11.2. The third-order valence-electron chi connectivity index (χ3n) is 4.67. The van der Waals surface area contributed by atoms with Gasteiger partial charge in [0.25, 0.3) is 5.56 Å². The summed E-state index contributed by atoms with van der Waals surface area (Å²) in [5, 5.41) is 1.25. The van der Waals surface area contributed by atoms with Crippen LogP contribution in [0.15, 0.2) is 77.9 Å². The number of aryl methyl sites for hydroxylation is 1. The van der Waals surface area contributed by atoms with Crippen molar-refractivity contribution in [1.82, 2.24) is 9.97 Å². The van der Waals surface area contributed by atoms with E-state index in [1.165, 1.54) is 6.08 Å². The molecule has 0 fully saturated rings. The zero-order valence-corrected chi connectivity index (χ0v) is 16.4. The standard InChI is InChI=1S/C24H17ClN2O2/c1-15-4-7-17(8-5-15)22-19-13-18(25)9-10-20(19)27-24(29)23(22)21(28)11-6-16-3-2-12-26-14-16/h2-14H,1H3,(H,27,29)/b11-6+. The average molecular weight is 401 g/mol. The fourth-order valence-corrected chi connectivity index (χ4v) is 3.42. The van der Waals surface area contributed by atoms with E-state index >= 15 is 0 Å². The minimum atomic E-state index is -0.434. The van der Waals surface area contributed by atoms with Crippen molar-refractivity contribution in [2.45, 2.75) is 6.92 Å². The Bertz CT molecular complexity index is 1290. The lowest BCUT2D eigenvalue weighted by Gasteiger charge is -2.12. The molecule has 0 radical (unpaired) electrons. The number of ketones is 1. The quantitative estimate of drug-likeness (QED) is 0.366. The van der Waals surface area contributed by atoms with Crippen molar-refractivity contribution in [3.63, 3.8) is 0 Å². The molecule has 4 aromatic rings. The summed E-state index contributed by atoms with van der Waals surface area (Å²) in [6, 6.07) is 16.6. The van der Waals surface area contributed by atoms with E-state index in [4.69, 9.17) is 11.6 Å². The number of rotatable bonds is 4. The molecule has 0 bridgehead atoms. The highest BCUT2D eigenvalue weighted by Crippen LogP contribution is 2.32. The zero-order chi connectivity index (χ0) is 20.4. The summed E-state index contributed by atoms with van der Waals surface area (Å²) in [5.41, 5.74) is 3.50. The van der Waals surface area contributed by atoms with Crippen molar-refractivity contribution in [3.8, 4) is 11.1 Å². The molecule has 4 nitrogen and oxygen atoms in total. The molecule has 0 amide bonds. The third kappa shape index (κ3) is 3.89. The van der Waals surface area contributed by atoms with Crippen LogP contribution in [0.1, 0.15) is 21.5 Å². The molecule has 1 N–H and O–H groups in total. The molecule has 2 heterocycles. The number of aromatic amines is 1. The highest BCUT2D eigenvalue weighted by molar-refractivity contribution is 6.31. The monoisotopic (exact) mass is 400 g/mol. The maximum absolute atomic E-state index is 13.1. The number of pyridine rings is 2. The molecule has 0 atom stereocenters. The molecule has 0 aliphatic rings. The van der Waals surface area contributed by atoms with Crippen LogP contribution in [-0.2, 0) is 0 Å². The van der Waals surface area contributed by atoms with Gasteiger partial charge in [-0.2, -0.15) is 0 Å². The van der Waals surface area contributed by atoms with Gasteiger partial charge in [-0.25, -0.2) is 0 Å². The largest absolute Gasteiger partial charge is 0.321 e. The minimum Gasteiger partial charge on any atom is -0.321 e. The van der Waals surface area contributed by atoms with Crippen molar-refractivity contribution in [3.05, 3.63) is 105 Å². The van der Waals surface area contributed by atoms with Crippen molar-refractivity contribution >= 4 is 34.4 Å². The van der Waals surface area contributed by atoms with Gasteiger partial charge in [0.15, 0.2) is 5.78 Å². The van der Waals surface area contributed by atoms with Crippen LogP contribution in [0.5, 0.6) is 0 Å². The van der Waals surface area contributed by atoms with Gasteiger partial charge in [0.1, 0.15) is 0 Å². The van der Waals surface area contributed by atoms with Gasteiger partial charge < -0.3 is 4.98 Å². The van der Waals surface area contributed by atoms with Crippen molar-refractivity contribution in [2.24, 2.45) is 0 Å². The number of benzene rings is 2. The van der Waals surface area contributed by atoms with Crippen molar-refractivity contribution < 1.29 is 4.79 Å². The Kier molecular flexibility index (Phi) is 5.10. The number of hydrogen-bond donors (Lipinski definition) is 1. The summed E-state index contributed by atoms with van der Waals surface area (Å²) >= 11 is 6.22. The Hall–Kier alpha value is -3.50. The van der Waals surface area contributed by atoms with E-state index < -0.39 is 5.56 Å². The van der Waals surface area contributed by atoms with E-state index in [1.807, 2.05) is 37.3 Å². The lowest BCUT2D eigenvalue weighted by Crippen LogP contribution is -2.18. The number of allylic oxidation sites excluding steroid dienone is 1. The number of aromatic nitrogens is 2. The van der Waals surface area contributed by atoms with E-state index in [0.29, 0.717) is 16.1 Å². The second kappa shape index (κ2) is 7.86. The molecule has 0 aliphatic carbocycles. The van der Waals surface area contributed by atoms with Gasteiger partial charge in [0.2, 0.25) is 0 Å².